The summed E-state index contributed by atoms with van der Waals surface area (Å²) in [5, 5.41) is 24.3. The fourth-order valence-electron chi connectivity index (χ4n) is 2.18. The normalized spacial score (nSPS) is 10.3. The summed E-state index contributed by atoms with van der Waals surface area (Å²) >= 11 is 0. The van der Waals surface area contributed by atoms with Crippen LogP contribution in [0.2, 0.25) is 0 Å². The van der Waals surface area contributed by atoms with Gasteiger partial charge in [-0.05, 0) is 38.1 Å². The minimum Gasteiger partial charge on any atom is -0.459 e. The van der Waals surface area contributed by atoms with E-state index in [0.29, 0.717) is 6.07 Å². The van der Waals surface area contributed by atoms with E-state index in [2.05, 4.69) is 5.32 Å². The molecule has 0 spiro atoms. The van der Waals surface area contributed by atoms with Crippen molar-refractivity contribution in [1.82, 2.24) is 0 Å². The lowest BCUT2D eigenvalue weighted by Gasteiger charge is -2.10. The molecule has 0 fully saturated rings. The van der Waals surface area contributed by atoms with Crippen LogP contribution in [-0.2, 0) is 4.74 Å². The number of anilines is 1. The molecule has 2 aromatic carbocycles. The second-order valence-electron chi connectivity index (χ2n) is 5.70. The number of carbonyl (C=O) groups is 2. The van der Waals surface area contributed by atoms with Gasteiger partial charge in [0, 0.05) is 11.8 Å². The average Bonchev–Trinajstić information content (AvgIpc) is 2.60. The zero-order valence-corrected chi connectivity index (χ0v) is 14.4. The largest absolute Gasteiger partial charge is 0.459 e. The zero-order valence-electron chi connectivity index (χ0n) is 14.4. The van der Waals surface area contributed by atoms with Crippen LogP contribution in [-0.4, -0.2) is 27.8 Å². The van der Waals surface area contributed by atoms with Crippen molar-refractivity contribution >= 4 is 28.9 Å². The topological polar surface area (TPSA) is 142 Å². The number of amides is 1. The highest BCUT2D eigenvalue weighted by atomic mass is 16.6. The first-order valence-corrected chi connectivity index (χ1v) is 7.74. The van der Waals surface area contributed by atoms with Crippen molar-refractivity contribution < 1.29 is 24.2 Å². The standard InChI is InChI=1S/C17H15N3O7/c1-10(2)27-17(22)11-4-3-5-12(8-11)18-16(21)14-7-6-13(19(23)24)9-15(14)20(25)26/h3-10H,1-2H3,(H,18,21). The number of hydrogen-bond donors (Lipinski definition) is 1. The molecule has 10 nitrogen and oxygen atoms in total. The molecule has 0 atom stereocenters. The maximum absolute atomic E-state index is 12.4. The van der Waals surface area contributed by atoms with Crippen LogP contribution in [0.25, 0.3) is 0 Å². The number of nitro groups is 2. The summed E-state index contributed by atoms with van der Waals surface area (Å²) < 4.78 is 5.06. The zero-order chi connectivity index (χ0) is 20.1. The molecule has 0 aliphatic carbocycles. The van der Waals surface area contributed by atoms with Crippen molar-refractivity contribution in [3.63, 3.8) is 0 Å². The van der Waals surface area contributed by atoms with Gasteiger partial charge in [0.2, 0.25) is 0 Å². The van der Waals surface area contributed by atoms with Crippen LogP contribution in [0, 0.1) is 20.2 Å². The minimum absolute atomic E-state index is 0.194. The van der Waals surface area contributed by atoms with Crippen LogP contribution in [0.15, 0.2) is 42.5 Å². The number of ether oxygens (including phenoxy) is 1. The van der Waals surface area contributed by atoms with Gasteiger partial charge in [-0.1, -0.05) is 6.07 Å². The SMILES string of the molecule is CC(C)OC(=O)c1cccc(NC(=O)c2ccc([N+](=O)[O-])cc2[N+](=O)[O-])c1. The van der Waals surface area contributed by atoms with Gasteiger partial charge in [0.15, 0.2) is 0 Å². The summed E-state index contributed by atoms with van der Waals surface area (Å²) in [5.74, 6) is -1.42. The van der Waals surface area contributed by atoms with E-state index in [1.807, 2.05) is 0 Å². The van der Waals surface area contributed by atoms with E-state index >= 15 is 0 Å². The molecule has 0 heterocycles. The van der Waals surface area contributed by atoms with Crippen LogP contribution >= 0.6 is 0 Å². The molecule has 1 amide bonds. The molecular weight excluding hydrogens is 358 g/mol. The summed E-state index contributed by atoms with van der Waals surface area (Å²) in [7, 11) is 0. The number of nitro benzene ring substituents is 2. The molecule has 0 radical (unpaired) electrons. The van der Waals surface area contributed by atoms with Crippen LogP contribution in [0.3, 0.4) is 0 Å². The maximum atomic E-state index is 12.4. The Hall–Kier alpha value is -3.82. The molecule has 0 unspecified atom stereocenters. The van der Waals surface area contributed by atoms with Gasteiger partial charge >= 0.3 is 5.97 Å². The molecular formula is C17H15N3O7. The van der Waals surface area contributed by atoms with Gasteiger partial charge in [-0.25, -0.2) is 4.79 Å². The molecule has 0 aliphatic rings. The van der Waals surface area contributed by atoms with E-state index < -0.39 is 33.1 Å². The first kappa shape index (κ1) is 19.5. The number of nitrogens with zero attached hydrogens (tertiary/aromatic N) is 2. The van der Waals surface area contributed by atoms with Crippen LogP contribution < -0.4 is 5.32 Å². The van der Waals surface area contributed by atoms with Crippen LogP contribution in [0.1, 0.15) is 34.6 Å². The summed E-state index contributed by atoms with van der Waals surface area (Å²) in [5.41, 5.74) is -1.14. The molecule has 0 saturated carbocycles. The fraction of sp³-hybridized carbons (Fsp3) is 0.176. The Kier molecular flexibility index (Phi) is 5.81. The van der Waals surface area contributed by atoms with Gasteiger partial charge < -0.3 is 10.1 Å². The van der Waals surface area contributed by atoms with Crippen LogP contribution in [0.4, 0.5) is 17.1 Å². The number of nitrogens with one attached hydrogen (secondary N) is 1. The molecule has 1 N–H and O–H groups in total. The van der Waals surface area contributed by atoms with Crippen molar-refractivity contribution in [2.45, 2.75) is 20.0 Å². The fourth-order valence-corrected chi connectivity index (χ4v) is 2.18. The number of non-ortho nitro benzene ring substituents is 1. The van der Waals surface area contributed by atoms with Crippen molar-refractivity contribution in [2.24, 2.45) is 0 Å². The third kappa shape index (κ3) is 4.84. The lowest BCUT2D eigenvalue weighted by molar-refractivity contribution is -0.394. The van der Waals surface area contributed by atoms with Crippen molar-refractivity contribution in [3.8, 4) is 0 Å². The molecule has 0 bridgehead atoms. The third-order valence-corrected chi connectivity index (χ3v) is 3.33. The van der Waals surface area contributed by atoms with Gasteiger partial charge in [-0.15, -0.1) is 0 Å². The van der Waals surface area contributed by atoms with E-state index in [1.165, 1.54) is 24.3 Å². The number of carbonyl (C=O) groups excluding carboxylic acids is 2. The van der Waals surface area contributed by atoms with Gasteiger partial charge in [0.25, 0.3) is 17.3 Å². The Balaban J connectivity index is 2.29. The lowest BCUT2D eigenvalue weighted by atomic mass is 10.1. The van der Waals surface area contributed by atoms with E-state index in [-0.39, 0.29) is 22.9 Å². The van der Waals surface area contributed by atoms with Gasteiger partial charge in [-0.2, -0.15) is 0 Å². The first-order valence-electron chi connectivity index (χ1n) is 7.74. The number of benzene rings is 2. The highest BCUT2D eigenvalue weighted by molar-refractivity contribution is 6.07. The maximum Gasteiger partial charge on any atom is 0.338 e. The predicted molar refractivity (Wildman–Crippen MR) is 94.7 cm³/mol. The van der Waals surface area contributed by atoms with E-state index in [4.69, 9.17) is 4.74 Å². The Morgan fingerprint density at radius 3 is 2.33 bits per heavy atom. The summed E-state index contributed by atoms with van der Waals surface area (Å²) in [6.45, 7) is 3.38. The first-order chi connectivity index (χ1) is 12.7. The summed E-state index contributed by atoms with van der Waals surface area (Å²) in [6.07, 6.45) is -0.321. The molecule has 0 saturated heterocycles. The van der Waals surface area contributed by atoms with Crippen molar-refractivity contribution in [3.05, 3.63) is 73.8 Å². The molecule has 0 aromatic heterocycles. The van der Waals surface area contributed by atoms with Crippen LogP contribution in [0.5, 0.6) is 0 Å². The Labute approximate surface area is 153 Å². The molecule has 2 aromatic rings. The Morgan fingerprint density at radius 1 is 1.04 bits per heavy atom. The lowest BCUT2D eigenvalue weighted by Crippen LogP contribution is -2.15. The van der Waals surface area contributed by atoms with Crippen molar-refractivity contribution in [1.29, 1.82) is 0 Å². The number of hydrogen-bond acceptors (Lipinski definition) is 7. The monoisotopic (exact) mass is 373 g/mol. The predicted octanol–water partition coefficient (Wildman–Crippen LogP) is 3.32. The summed E-state index contributed by atoms with van der Waals surface area (Å²) in [6, 6.07) is 8.57. The molecule has 10 heteroatoms. The second kappa shape index (κ2) is 8.04. The Bertz CT molecular complexity index is 924. The van der Waals surface area contributed by atoms with E-state index in [9.17, 15) is 29.8 Å². The van der Waals surface area contributed by atoms with Gasteiger partial charge in [-0.3, -0.25) is 25.0 Å². The molecule has 27 heavy (non-hydrogen) atoms. The molecule has 0 aliphatic heterocycles. The highest BCUT2D eigenvalue weighted by Gasteiger charge is 2.24. The quantitative estimate of drug-likeness (QED) is 0.465. The molecule has 2 rings (SSSR count). The third-order valence-electron chi connectivity index (χ3n) is 3.33. The minimum atomic E-state index is -0.877. The highest BCUT2D eigenvalue weighted by Crippen LogP contribution is 2.25. The van der Waals surface area contributed by atoms with Gasteiger partial charge in [0.05, 0.1) is 27.6 Å². The average molecular weight is 373 g/mol. The Morgan fingerprint density at radius 2 is 1.74 bits per heavy atom. The smallest absolute Gasteiger partial charge is 0.338 e. The second-order valence-corrected chi connectivity index (χ2v) is 5.70. The molecule has 140 valence electrons. The number of rotatable bonds is 6. The summed E-state index contributed by atoms with van der Waals surface area (Å²) in [4.78, 5) is 44.5. The van der Waals surface area contributed by atoms with E-state index in [1.54, 1.807) is 13.8 Å². The number of esters is 1. The van der Waals surface area contributed by atoms with E-state index in [0.717, 1.165) is 12.1 Å². The van der Waals surface area contributed by atoms with Crippen molar-refractivity contribution in [2.75, 3.05) is 5.32 Å². The van der Waals surface area contributed by atoms with Gasteiger partial charge in [0.1, 0.15) is 5.56 Å².